The molecule has 148 valence electrons. The van der Waals surface area contributed by atoms with Gasteiger partial charge in [0.1, 0.15) is 11.3 Å². The Labute approximate surface area is 166 Å². The van der Waals surface area contributed by atoms with Crippen molar-refractivity contribution in [1.82, 2.24) is 15.0 Å². The van der Waals surface area contributed by atoms with E-state index in [1.807, 2.05) is 6.92 Å². The molecule has 0 spiro atoms. The zero-order valence-corrected chi connectivity index (χ0v) is 16.6. The highest BCUT2D eigenvalue weighted by Gasteiger charge is 2.45. The van der Waals surface area contributed by atoms with Crippen LogP contribution in [0.2, 0.25) is 0 Å². The molecule has 5 rings (SSSR count). The summed E-state index contributed by atoms with van der Waals surface area (Å²) in [4.78, 5) is 17.9. The lowest BCUT2D eigenvalue weighted by molar-refractivity contribution is -0.0499. The normalized spacial score (nSPS) is 30.1. The molecule has 5 heteroatoms. The molecule has 3 saturated heterocycles. The van der Waals surface area contributed by atoms with Gasteiger partial charge < -0.3 is 9.42 Å². The van der Waals surface area contributed by atoms with Gasteiger partial charge in [0.2, 0.25) is 0 Å². The van der Waals surface area contributed by atoms with E-state index in [2.05, 4.69) is 45.3 Å². The van der Waals surface area contributed by atoms with E-state index in [0.29, 0.717) is 35.2 Å². The Balaban J connectivity index is 1.32. The van der Waals surface area contributed by atoms with Gasteiger partial charge in [0.05, 0.1) is 6.20 Å². The maximum atomic E-state index is 13.0. The minimum Gasteiger partial charge on any atom is -0.361 e. The summed E-state index contributed by atoms with van der Waals surface area (Å²) in [6, 6.07) is 12.2. The lowest BCUT2D eigenvalue weighted by atomic mass is 9.74. The second-order valence-electron chi connectivity index (χ2n) is 8.91. The number of piperidine rings is 3. The molecule has 5 nitrogen and oxygen atoms in total. The summed E-state index contributed by atoms with van der Waals surface area (Å²) in [7, 11) is 0. The van der Waals surface area contributed by atoms with Crippen LogP contribution in [0.4, 0.5) is 0 Å². The largest absolute Gasteiger partial charge is 0.361 e. The van der Waals surface area contributed by atoms with E-state index < -0.39 is 0 Å². The van der Waals surface area contributed by atoms with E-state index in [1.165, 1.54) is 31.2 Å². The minimum absolute atomic E-state index is 0.0959. The number of hydrogen-bond acceptors (Lipinski definition) is 4. The van der Waals surface area contributed by atoms with Gasteiger partial charge in [-0.1, -0.05) is 41.9 Å². The molecule has 28 heavy (non-hydrogen) atoms. The lowest BCUT2D eigenvalue weighted by Crippen LogP contribution is -2.62. The number of carbonyl (C=O) groups is 1. The molecule has 2 bridgehead atoms. The zero-order chi connectivity index (χ0) is 19.1. The van der Waals surface area contributed by atoms with Gasteiger partial charge in [0.25, 0.3) is 5.91 Å². The quantitative estimate of drug-likeness (QED) is 0.818. The molecule has 1 aromatic heterocycles. The smallest absolute Gasteiger partial charge is 0.259 e. The van der Waals surface area contributed by atoms with Crippen LogP contribution in [0.5, 0.6) is 0 Å². The van der Waals surface area contributed by atoms with Crippen molar-refractivity contribution in [2.75, 3.05) is 19.6 Å². The molecule has 0 N–H and O–H groups in total. The second kappa shape index (κ2) is 7.36. The van der Waals surface area contributed by atoms with E-state index in [0.717, 1.165) is 26.1 Å². The van der Waals surface area contributed by atoms with Crippen LogP contribution in [0.25, 0.3) is 0 Å². The molecular weight excluding hydrogens is 350 g/mol. The number of aromatic nitrogens is 1. The fourth-order valence-corrected chi connectivity index (χ4v) is 5.86. The van der Waals surface area contributed by atoms with Crippen molar-refractivity contribution < 1.29 is 9.32 Å². The molecule has 0 unspecified atom stereocenters. The Morgan fingerprint density at radius 2 is 2.04 bits per heavy atom. The predicted molar refractivity (Wildman–Crippen MR) is 107 cm³/mol. The van der Waals surface area contributed by atoms with Crippen LogP contribution in [0.15, 0.2) is 41.1 Å². The minimum atomic E-state index is 0.0959. The first-order valence-corrected chi connectivity index (χ1v) is 10.7. The van der Waals surface area contributed by atoms with E-state index in [-0.39, 0.29) is 5.91 Å². The van der Waals surface area contributed by atoms with Gasteiger partial charge in [-0.25, -0.2) is 0 Å². The first kappa shape index (κ1) is 17.9. The number of likely N-dealkylation sites (tertiary alicyclic amines) is 1. The highest BCUT2D eigenvalue weighted by Crippen LogP contribution is 2.40. The summed E-state index contributed by atoms with van der Waals surface area (Å²) < 4.78 is 5.12. The molecule has 0 saturated carbocycles. The van der Waals surface area contributed by atoms with Crippen LogP contribution in [0, 0.1) is 18.8 Å². The molecular formula is C23H29N3O2. The Morgan fingerprint density at radius 3 is 2.82 bits per heavy atom. The third-order valence-corrected chi connectivity index (χ3v) is 7.10. The van der Waals surface area contributed by atoms with E-state index in [9.17, 15) is 4.79 Å². The van der Waals surface area contributed by atoms with Gasteiger partial charge in [-0.05, 0) is 50.0 Å². The predicted octanol–water partition coefficient (Wildman–Crippen LogP) is 3.54. The van der Waals surface area contributed by atoms with Crippen LogP contribution in [-0.4, -0.2) is 52.6 Å². The van der Waals surface area contributed by atoms with Crippen LogP contribution in [0.1, 0.15) is 47.4 Å². The summed E-state index contributed by atoms with van der Waals surface area (Å²) >= 11 is 0. The topological polar surface area (TPSA) is 49.6 Å². The second-order valence-corrected chi connectivity index (χ2v) is 8.91. The molecule has 0 aliphatic carbocycles. The van der Waals surface area contributed by atoms with Crippen LogP contribution >= 0.6 is 0 Å². The summed E-state index contributed by atoms with van der Waals surface area (Å²) in [5.41, 5.74) is 2.08. The maximum Gasteiger partial charge on any atom is 0.259 e. The number of fused-ring (bicyclic) bond motifs is 4. The number of hydrogen-bond donors (Lipinski definition) is 0. The van der Waals surface area contributed by atoms with Crippen molar-refractivity contribution in [3.05, 3.63) is 53.4 Å². The standard InChI is InChI=1S/C23H29N3O2/c1-16-21(12-24-28-16)23(27)25-13-18-10-19(15-25)22-9-5-8-20(26(22)14-18)11-17-6-3-2-4-7-17/h2-4,6-7,12,18-20,22H,5,8-11,13-15H2,1H3/t18-,19+,20+,22-/m0/s1. The Hall–Kier alpha value is -2.14. The lowest BCUT2D eigenvalue weighted by Gasteiger charge is -2.55. The number of benzene rings is 1. The molecule has 4 atom stereocenters. The zero-order valence-electron chi connectivity index (χ0n) is 16.6. The van der Waals surface area contributed by atoms with Crippen molar-refractivity contribution in [3.63, 3.8) is 0 Å². The molecule has 4 heterocycles. The Morgan fingerprint density at radius 1 is 1.18 bits per heavy atom. The molecule has 3 fully saturated rings. The van der Waals surface area contributed by atoms with E-state index >= 15 is 0 Å². The van der Waals surface area contributed by atoms with E-state index in [4.69, 9.17) is 4.52 Å². The first-order valence-electron chi connectivity index (χ1n) is 10.7. The Kier molecular flexibility index (Phi) is 4.71. The number of amides is 1. The highest BCUT2D eigenvalue weighted by molar-refractivity contribution is 5.94. The highest BCUT2D eigenvalue weighted by atomic mass is 16.5. The van der Waals surface area contributed by atoms with Gasteiger partial charge in [0.15, 0.2) is 0 Å². The number of aryl methyl sites for hydroxylation is 1. The Bertz CT molecular complexity index is 833. The fourth-order valence-electron chi connectivity index (χ4n) is 5.86. The molecule has 3 aliphatic heterocycles. The van der Waals surface area contributed by atoms with Gasteiger partial charge in [-0.2, -0.15) is 0 Å². The molecule has 1 amide bonds. The average molecular weight is 380 g/mol. The van der Waals surface area contributed by atoms with Crippen molar-refractivity contribution >= 4 is 5.91 Å². The van der Waals surface area contributed by atoms with Crippen molar-refractivity contribution in [1.29, 1.82) is 0 Å². The summed E-state index contributed by atoms with van der Waals surface area (Å²) in [6.45, 7) is 4.69. The van der Waals surface area contributed by atoms with Gasteiger partial charge >= 0.3 is 0 Å². The fraction of sp³-hybridized carbons (Fsp3) is 0.565. The first-order chi connectivity index (χ1) is 13.7. The summed E-state index contributed by atoms with van der Waals surface area (Å²) in [5, 5.41) is 3.79. The van der Waals surface area contributed by atoms with Gasteiger partial charge in [-0.15, -0.1) is 0 Å². The van der Waals surface area contributed by atoms with Crippen LogP contribution < -0.4 is 0 Å². The summed E-state index contributed by atoms with van der Waals surface area (Å²) in [6.07, 6.45) is 7.87. The van der Waals surface area contributed by atoms with Crippen molar-refractivity contribution in [2.45, 2.75) is 51.1 Å². The van der Waals surface area contributed by atoms with E-state index in [1.54, 1.807) is 6.20 Å². The summed E-state index contributed by atoms with van der Waals surface area (Å²) in [5.74, 6) is 1.90. The van der Waals surface area contributed by atoms with Crippen molar-refractivity contribution in [3.8, 4) is 0 Å². The third kappa shape index (κ3) is 3.26. The molecule has 1 aromatic carbocycles. The van der Waals surface area contributed by atoms with Crippen LogP contribution in [0.3, 0.4) is 0 Å². The van der Waals surface area contributed by atoms with Crippen LogP contribution in [-0.2, 0) is 6.42 Å². The van der Waals surface area contributed by atoms with Gasteiger partial charge in [0, 0.05) is 31.7 Å². The number of rotatable bonds is 3. The van der Waals surface area contributed by atoms with Gasteiger partial charge in [-0.3, -0.25) is 9.69 Å². The van der Waals surface area contributed by atoms with Crippen molar-refractivity contribution in [2.24, 2.45) is 11.8 Å². The number of carbonyl (C=O) groups excluding carboxylic acids is 1. The average Bonchev–Trinajstić information content (AvgIpc) is 3.14. The SMILES string of the molecule is Cc1oncc1C(=O)N1C[C@@H]2C[C@H](C1)[C@@H]1CCC[C@H](Cc3ccccc3)N1C2. The monoisotopic (exact) mass is 379 g/mol. The number of nitrogens with zero attached hydrogens (tertiary/aromatic N) is 3. The third-order valence-electron chi connectivity index (χ3n) is 7.10. The maximum absolute atomic E-state index is 13.0. The molecule has 2 aromatic rings. The molecule has 0 radical (unpaired) electrons. The molecule has 3 aliphatic rings.